The molecule has 0 spiro atoms. The lowest BCUT2D eigenvalue weighted by Crippen LogP contribution is -2.54. The minimum atomic E-state index is -0.434. The molecule has 1 amide bonds. The summed E-state index contributed by atoms with van der Waals surface area (Å²) >= 11 is 0. The van der Waals surface area contributed by atoms with Crippen molar-refractivity contribution >= 4 is 17.4 Å². The summed E-state index contributed by atoms with van der Waals surface area (Å²) in [4.78, 5) is 31.0. The molecule has 0 unspecified atom stereocenters. The van der Waals surface area contributed by atoms with E-state index in [-0.39, 0.29) is 23.7 Å². The highest BCUT2D eigenvalue weighted by atomic mass is 16.6. The molecule has 8 nitrogen and oxygen atoms in total. The third-order valence-corrected chi connectivity index (χ3v) is 4.22. The maximum atomic E-state index is 12.1. The van der Waals surface area contributed by atoms with Gasteiger partial charge in [-0.15, -0.1) is 0 Å². The molecule has 0 saturated carbocycles. The van der Waals surface area contributed by atoms with Crippen LogP contribution >= 0.6 is 0 Å². The molecule has 1 aliphatic heterocycles. The van der Waals surface area contributed by atoms with E-state index in [1.165, 1.54) is 6.20 Å². The normalized spacial score (nSPS) is 17.0. The predicted octanol–water partition coefficient (Wildman–Crippen LogP) is 1.33. The Morgan fingerprint density at radius 3 is 2.42 bits per heavy atom. The first-order chi connectivity index (χ1) is 11.3. The van der Waals surface area contributed by atoms with Crippen molar-refractivity contribution in [1.82, 2.24) is 15.2 Å². The summed E-state index contributed by atoms with van der Waals surface area (Å²) in [6.07, 6.45) is 1.30. The number of pyridine rings is 1. The predicted molar refractivity (Wildman–Crippen MR) is 92.2 cm³/mol. The van der Waals surface area contributed by atoms with Gasteiger partial charge in [-0.1, -0.05) is 0 Å². The Bertz CT molecular complexity index is 612. The van der Waals surface area contributed by atoms with Crippen molar-refractivity contribution in [2.75, 3.05) is 31.1 Å². The van der Waals surface area contributed by atoms with Crippen LogP contribution in [0.15, 0.2) is 12.3 Å². The van der Waals surface area contributed by atoms with Gasteiger partial charge >= 0.3 is 0 Å². The number of amides is 1. The highest BCUT2D eigenvalue weighted by Crippen LogP contribution is 2.23. The number of aryl methyl sites for hydroxylation is 1. The summed E-state index contributed by atoms with van der Waals surface area (Å²) in [5, 5.41) is 13.7. The number of hydrogen-bond acceptors (Lipinski definition) is 6. The molecule has 2 rings (SSSR count). The first-order valence-corrected chi connectivity index (χ1v) is 8.20. The Labute approximate surface area is 142 Å². The summed E-state index contributed by atoms with van der Waals surface area (Å²) in [7, 11) is 0. The molecular weight excluding hydrogens is 310 g/mol. The minimum Gasteiger partial charge on any atom is -0.354 e. The number of hydrogen-bond donors (Lipinski definition) is 1. The average molecular weight is 335 g/mol. The molecule has 0 aromatic carbocycles. The van der Waals surface area contributed by atoms with E-state index < -0.39 is 4.92 Å². The summed E-state index contributed by atoms with van der Waals surface area (Å²) in [6, 6.07) is 1.52. The van der Waals surface area contributed by atoms with Crippen molar-refractivity contribution < 1.29 is 9.72 Å². The minimum absolute atomic E-state index is 0.00821. The van der Waals surface area contributed by atoms with Gasteiger partial charge in [0.1, 0.15) is 12.0 Å². The standard InChI is InChI=1S/C16H25N5O3/c1-11(2)18-16(22)13(4)19-5-7-20(8-6-19)15-12(3)9-14(10-17-15)21(23)24/h9-11,13H,5-8H2,1-4H3,(H,18,22)/t13-/m0/s1. The van der Waals surface area contributed by atoms with Crippen molar-refractivity contribution in [3.05, 3.63) is 27.9 Å². The second kappa shape index (κ2) is 7.57. The van der Waals surface area contributed by atoms with E-state index in [0.29, 0.717) is 0 Å². The van der Waals surface area contributed by atoms with Crippen LogP contribution in [-0.4, -0.2) is 59.0 Å². The van der Waals surface area contributed by atoms with Crippen LogP contribution in [0, 0.1) is 17.0 Å². The van der Waals surface area contributed by atoms with E-state index in [0.717, 1.165) is 37.6 Å². The monoisotopic (exact) mass is 335 g/mol. The Morgan fingerprint density at radius 1 is 1.29 bits per heavy atom. The van der Waals surface area contributed by atoms with Gasteiger partial charge in [0.2, 0.25) is 5.91 Å². The lowest BCUT2D eigenvalue weighted by molar-refractivity contribution is -0.385. The molecule has 1 aromatic rings. The summed E-state index contributed by atoms with van der Waals surface area (Å²) in [5.41, 5.74) is 0.803. The molecule has 1 saturated heterocycles. The summed E-state index contributed by atoms with van der Waals surface area (Å²) in [6.45, 7) is 10.6. The second-order valence-electron chi connectivity index (χ2n) is 6.45. The van der Waals surface area contributed by atoms with E-state index >= 15 is 0 Å². The number of nitrogens with one attached hydrogen (secondary N) is 1. The first kappa shape index (κ1) is 18.1. The number of piperazine rings is 1. The topological polar surface area (TPSA) is 91.6 Å². The fourth-order valence-corrected chi connectivity index (χ4v) is 2.88. The molecule has 8 heteroatoms. The molecular formula is C16H25N5O3. The van der Waals surface area contributed by atoms with Crippen molar-refractivity contribution in [3.8, 4) is 0 Å². The number of anilines is 1. The van der Waals surface area contributed by atoms with Gasteiger partial charge in [-0.3, -0.25) is 19.8 Å². The van der Waals surface area contributed by atoms with Crippen molar-refractivity contribution in [2.45, 2.75) is 39.8 Å². The Balaban J connectivity index is 1.97. The Morgan fingerprint density at radius 2 is 1.92 bits per heavy atom. The molecule has 24 heavy (non-hydrogen) atoms. The first-order valence-electron chi connectivity index (χ1n) is 8.20. The largest absolute Gasteiger partial charge is 0.354 e. The molecule has 1 atom stereocenters. The van der Waals surface area contributed by atoms with Gasteiger partial charge in [0.05, 0.1) is 11.0 Å². The third-order valence-electron chi connectivity index (χ3n) is 4.22. The Kier molecular flexibility index (Phi) is 5.71. The second-order valence-corrected chi connectivity index (χ2v) is 6.45. The highest BCUT2D eigenvalue weighted by Gasteiger charge is 2.27. The highest BCUT2D eigenvalue weighted by molar-refractivity contribution is 5.81. The summed E-state index contributed by atoms with van der Waals surface area (Å²) in [5.74, 6) is 0.822. The van der Waals surface area contributed by atoms with Crippen molar-refractivity contribution in [1.29, 1.82) is 0 Å². The lowest BCUT2D eigenvalue weighted by atomic mass is 10.2. The number of rotatable bonds is 5. The van der Waals surface area contributed by atoms with Gasteiger partial charge in [0, 0.05) is 38.3 Å². The smallest absolute Gasteiger partial charge is 0.287 e. The number of nitrogens with zero attached hydrogens (tertiary/aromatic N) is 4. The fraction of sp³-hybridized carbons (Fsp3) is 0.625. The van der Waals surface area contributed by atoms with Crippen molar-refractivity contribution in [2.24, 2.45) is 0 Å². The molecule has 132 valence electrons. The van der Waals surface area contributed by atoms with E-state index in [1.54, 1.807) is 6.07 Å². The number of nitro groups is 1. The van der Waals surface area contributed by atoms with Crippen molar-refractivity contribution in [3.63, 3.8) is 0 Å². The van der Waals surface area contributed by atoms with Gasteiger partial charge < -0.3 is 10.2 Å². The van der Waals surface area contributed by atoms with Crippen LogP contribution in [0.25, 0.3) is 0 Å². The molecule has 1 aliphatic rings. The van der Waals surface area contributed by atoms with E-state index in [9.17, 15) is 14.9 Å². The zero-order chi connectivity index (χ0) is 17.9. The van der Waals surface area contributed by atoms with Gasteiger partial charge in [-0.25, -0.2) is 4.98 Å². The molecule has 1 fully saturated rings. The van der Waals surface area contributed by atoms with Gasteiger partial charge in [-0.2, -0.15) is 0 Å². The molecule has 1 N–H and O–H groups in total. The van der Waals surface area contributed by atoms with Gasteiger partial charge in [0.15, 0.2) is 0 Å². The lowest BCUT2D eigenvalue weighted by Gasteiger charge is -2.38. The van der Waals surface area contributed by atoms with E-state index in [2.05, 4.69) is 20.1 Å². The van der Waals surface area contributed by atoms with E-state index in [4.69, 9.17) is 0 Å². The van der Waals surface area contributed by atoms with Crippen LogP contribution in [0.5, 0.6) is 0 Å². The van der Waals surface area contributed by atoms with Gasteiger partial charge in [0.25, 0.3) is 5.69 Å². The Hall–Kier alpha value is -2.22. The average Bonchev–Trinajstić information content (AvgIpc) is 2.53. The van der Waals surface area contributed by atoms with Crippen LogP contribution in [0.4, 0.5) is 11.5 Å². The zero-order valence-electron chi connectivity index (χ0n) is 14.7. The SMILES string of the molecule is Cc1cc([N+](=O)[O-])cnc1N1CCN([C@@H](C)C(=O)NC(C)C)CC1. The zero-order valence-corrected chi connectivity index (χ0v) is 14.7. The number of carbonyl (C=O) groups is 1. The van der Waals surface area contributed by atoms with Crippen LogP contribution < -0.4 is 10.2 Å². The van der Waals surface area contributed by atoms with E-state index in [1.807, 2.05) is 27.7 Å². The van der Waals surface area contributed by atoms with Crippen LogP contribution in [0.1, 0.15) is 26.3 Å². The third kappa shape index (κ3) is 4.19. The number of aromatic nitrogens is 1. The maximum Gasteiger partial charge on any atom is 0.287 e. The fourth-order valence-electron chi connectivity index (χ4n) is 2.88. The van der Waals surface area contributed by atoms with Gasteiger partial charge in [-0.05, 0) is 33.3 Å². The molecule has 2 heterocycles. The molecule has 0 radical (unpaired) electrons. The van der Waals surface area contributed by atoms with Crippen LogP contribution in [-0.2, 0) is 4.79 Å². The van der Waals surface area contributed by atoms with Crippen LogP contribution in [0.3, 0.4) is 0 Å². The van der Waals surface area contributed by atoms with Crippen LogP contribution in [0.2, 0.25) is 0 Å². The quantitative estimate of drug-likeness (QED) is 0.645. The number of carbonyl (C=O) groups excluding carboxylic acids is 1. The molecule has 0 aliphatic carbocycles. The molecule has 0 bridgehead atoms. The molecule has 1 aromatic heterocycles. The maximum absolute atomic E-state index is 12.1. The summed E-state index contributed by atoms with van der Waals surface area (Å²) < 4.78 is 0.